The summed E-state index contributed by atoms with van der Waals surface area (Å²) in [5.74, 6) is 1.38. The molecule has 2 aromatic carbocycles. The Labute approximate surface area is 196 Å². The number of rotatable bonds is 5. The molecule has 0 bridgehead atoms. The van der Waals surface area contributed by atoms with Crippen LogP contribution in [0.1, 0.15) is 29.0 Å². The maximum Gasteiger partial charge on any atom is 0.262 e. The number of para-hydroxylation sites is 1. The van der Waals surface area contributed by atoms with Gasteiger partial charge in [-0.05, 0) is 55.8 Å². The van der Waals surface area contributed by atoms with Crippen LogP contribution in [0.5, 0.6) is 0 Å². The van der Waals surface area contributed by atoms with Crippen LogP contribution >= 0.6 is 0 Å². The summed E-state index contributed by atoms with van der Waals surface area (Å²) < 4.78 is 33.7. The fourth-order valence-corrected chi connectivity index (χ4v) is 4.97. The zero-order valence-electron chi connectivity index (χ0n) is 18.4. The Morgan fingerprint density at radius 3 is 2.65 bits per heavy atom. The van der Waals surface area contributed by atoms with Crippen LogP contribution in [0, 0.1) is 6.92 Å². The number of benzene rings is 2. The maximum absolute atomic E-state index is 13.3. The number of nitrogens with zero attached hydrogens (tertiary/aromatic N) is 2. The SMILES string of the molecule is Cc1ccc(-c2cc(C(=O)Nc3cccc(S(=O)(=O)NC4=NCCC4)c3)c3ccccc3n2)o1. The lowest BCUT2D eigenvalue weighted by Crippen LogP contribution is -2.29. The van der Waals surface area contributed by atoms with Crippen molar-refractivity contribution in [2.24, 2.45) is 4.99 Å². The monoisotopic (exact) mass is 474 g/mol. The van der Waals surface area contributed by atoms with E-state index in [0.717, 1.165) is 12.2 Å². The molecule has 172 valence electrons. The smallest absolute Gasteiger partial charge is 0.262 e. The van der Waals surface area contributed by atoms with E-state index in [9.17, 15) is 13.2 Å². The number of fused-ring (bicyclic) bond motifs is 1. The van der Waals surface area contributed by atoms with E-state index in [2.05, 4.69) is 20.0 Å². The lowest BCUT2D eigenvalue weighted by atomic mass is 10.1. The molecule has 9 heteroatoms. The number of nitrogens with one attached hydrogen (secondary N) is 2. The summed E-state index contributed by atoms with van der Waals surface area (Å²) in [4.78, 5) is 22.1. The van der Waals surface area contributed by atoms with Gasteiger partial charge in [-0.1, -0.05) is 24.3 Å². The van der Waals surface area contributed by atoms with E-state index in [0.29, 0.717) is 52.4 Å². The third-order valence-electron chi connectivity index (χ3n) is 5.48. The van der Waals surface area contributed by atoms with Crippen molar-refractivity contribution in [2.75, 3.05) is 11.9 Å². The van der Waals surface area contributed by atoms with E-state index in [1.807, 2.05) is 43.3 Å². The number of sulfonamides is 1. The maximum atomic E-state index is 13.3. The zero-order chi connectivity index (χ0) is 23.7. The van der Waals surface area contributed by atoms with Gasteiger partial charge in [-0.25, -0.2) is 13.4 Å². The second-order valence-electron chi connectivity index (χ2n) is 8.00. The fourth-order valence-electron chi connectivity index (χ4n) is 3.84. The molecular weight excluding hydrogens is 452 g/mol. The molecule has 0 spiro atoms. The predicted octanol–water partition coefficient (Wildman–Crippen LogP) is 4.53. The third kappa shape index (κ3) is 4.42. The summed E-state index contributed by atoms with van der Waals surface area (Å²) in [5.41, 5.74) is 1.95. The summed E-state index contributed by atoms with van der Waals surface area (Å²) in [5, 5.41) is 3.50. The van der Waals surface area contributed by atoms with Crippen molar-refractivity contribution in [1.82, 2.24) is 9.71 Å². The highest BCUT2D eigenvalue weighted by Gasteiger charge is 2.20. The second-order valence-corrected chi connectivity index (χ2v) is 9.68. The molecule has 0 radical (unpaired) electrons. The molecule has 2 N–H and O–H groups in total. The van der Waals surface area contributed by atoms with Crippen molar-refractivity contribution in [1.29, 1.82) is 0 Å². The van der Waals surface area contributed by atoms with Crippen molar-refractivity contribution in [3.63, 3.8) is 0 Å². The first-order valence-electron chi connectivity index (χ1n) is 10.8. The van der Waals surface area contributed by atoms with Gasteiger partial charge in [0.1, 0.15) is 17.3 Å². The van der Waals surface area contributed by atoms with Gasteiger partial charge in [0, 0.05) is 24.0 Å². The van der Waals surface area contributed by atoms with Gasteiger partial charge in [0.15, 0.2) is 5.76 Å². The van der Waals surface area contributed by atoms with E-state index < -0.39 is 10.0 Å². The quantitative estimate of drug-likeness (QED) is 0.441. The normalized spacial score (nSPS) is 13.6. The Balaban J connectivity index is 1.47. The van der Waals surface area contributed by atoms with Crippen LogP contribution in [0.25, 0.3) is 22.4 Å². The van der Waals surface area contributed by atoms with Crippen molar-refractivity contribution < 1.29 is 17.6 Å². The Morgan fingerprint density at radius 1 is 1.03 bits per heavy atom. The molecule has 0 saturated carbocycles. The number of hydrogen-bond acceptors (Lipinski definition) is 6. The van der Waals surface area contributed by atoms with Crippen LogP contribution in [0.4, 0.5) is 5.69 Å². The molecule has 3 heterocycles. The van der Waals surface area contributed by atoms with Crippen molar-refractivity contribution in [3.05, 3.63) is 78.1 Å². The Kier molecular flexibility index (Phi) is 5.62. The van der Waals surface area contributed by atoms with Crippen LogP contribution < -0.4 is 10.0 Å². The minimum absolute atomic E-state index is 0.0474. The molecule has 0 aliphatic carbocycles. The van der Waals surface area contributed by atoms with Crippen molar-refractivity contribution in [3.8, 4) is 11.5 Å². The Bertz CT molecular complexity index is 1540. The highest BCUT2D eigenvalue weighted by atomic mass is 32.2. The molecule has 0 saturated heterocycles. The number of anilines is 1. The topological polar surface area (TPSA) is 114 Å². The molecule has 0 fully saturated rings. The number of hydrogen-bond donors (Lipinski definition) is 2. The largest absolute Gasteiger partial charge is 0.460 e. The van der Waals surface area contributed by atoms with E-state index >= 15 is 0 Å². The zero-order valence-corrected chi connectivity index (χ0v) is 19.2. The number of carbonyl (C=O) groups excluding carboxylic acids is 1. The number of amides is 1. The summed E-state index contributed by atoms with van der Waals surface area (Å²) in [6.07, 6.45) is 1.43. The fraction of sp³-hybridized carbons (Fsp3) is 0.160. The number of carbonyl (C=O) groups is 1. The lowest BCUT2D eigenvalue weighted by Gasteiger charge is -2.12. The number of aromatic nitrogens is 1. The molecule has 4 aromatic rings. The summed E-state index contributed by atoms with van der Waals surface area (Å²) in [6.45, 7) is 2.46. The molecule has 1 amide bonds. The average molecular weight is 475 g/mol. The van der Waals surface area contributed by atoms with Gasteiger partial charge in [-0.2, -0.15) is 0 Å². The number of amidine groups is 1. The lowest BCUT2D eigenvalue weighted by molar-refractivity contribution is 0.102. The average Bonchev–Trinajstić information content (AvgIpc) is 3.50. The van der Waals surface area contributed by atoms with Crippen molar-refractivity contribution in [2.45, 2.75) is 24.7 Å². The first-order chi connectivity index (χ1) is 16.4. The van der Waals surface area contributed by atoms with Gasteiger partial charge in [0.05, 0.1) is 16.0 Å². The van der Waals surface area contributed by atoms with E-state index in [4.69, 9.17) is 4.42 Å². The van der Waals surface area contributed by atoms with E-state index in [1.165, 1.54) is 12.1 Å². The van der Waals surface area contributed by atoms with Gasteiger partial charge in [-0.15, -0.1) is 0 Å². The van der Waals surface area contributed by atoms with Gasteiger partial charge < -0.3 is 9.73 Å². The molecule has 5 rings (SSSR count). The molecule has 2 aromatic heterocycles. The second kappa shape index (κ2) is 8.75. The van der Waals surface area contributed by atoms with Crippen LogP contribution in [0.3, 0.4) is 0 Å². The number of aliphatic imine (C=N–C) groups is 1. The number of pyridine rings is 1. The standard InChI is InChI=1S/C25H22N4O4S/c1-16-11-12-23(33-16)22-15-20(19-8-2-3-9-21(19)28-22)25(30)27-17-6-4-7-18(14-17)34(31,32)29-24-10-5-13-26-24/h2-4,6-9,11-12,14-15H,5,10,13H2,1H3,(H,26,29)(H,27,30). The van der Waals surface area contributed by atoms with Crippen molar-refractivity contribution >= 4 is 38.4 Å². The third-order valence-corrected chi connectivity index (χ3v) is 6.86. The molecule has 1 aliphatic heterocycles. The minimum Gasteiger partial charge on any atom is -0.460 e. The predicted molar refractivity (Wildman–Crippen MR) is 130 cm³/mol. The first-order valence-corrected chi connectivity index (χ1v) is 12.3. The molecule has 8 nitrogen and oxygen atoms in total. The van der Waals surface area contributed by atoms with Gasteiger partial charge in [-0.3, -0.25) is 14.5 Å². The van der Waals surface area contributed by atoms with Crippen LogP contribution in [0.2, 0.25) is 0 Å². The number of aryl methyl sites for hydroxylation is 1. The van der Waals surface area contributed by atoms with Gasteiger partial charge in [0.25, 0.3) is 15.9 Å². The van der Waals surface area contributed by atoms with Crippen LogP contribution in [-0.4, -0.2) is 31.7 Å². The summed E-state index contributed by atoms with van der Waals surface area (Å²) >= 11 is 0. The molecule has 34 heavy (non-hydrogen) atoms. The molecule has 0 unspecified atom stereocenters. The Hall–Kier alpha value is -3.98. The van der Waals surface area contributed by atoms with Crippen LogP contribution in [-0.2, 0) is 10.0 Å². The molecular formula is C25H22N4O4S. The van der Waals surface area contributed by atoms with Gasteiger partial charge in [0.2, 0.25) is 0 Å². The number of furan rings is 1. The molecule has 1 aliphatic rings. The summed E-state index contributed by atoms with van der Waals surface area (Å²) in [7, 11) is -3.80. The molecule has 0 atom stereocenters. The highest BCUT2D eigenvalue weighted by molar-refractivity contribution is 7.90. The van der Waals surface area contributed by atoms with E-state index in [1.54, 1.807) is 18.2 Å². The summed E-state index contributed by atoms with van der Waals surface area (Å²) in [6, 6.07) is 18.8. The van der Waals surface area contributed by atoms with Crippen LogP contribution in [0.15, 0.2) is 81.0 Å². The Morgan fingerprint density at radius 2 is 1.88 bits per heavy atom. The minimum atomic E-state index is -3.80. The van der Waals surface area contributed by atoms with Gasteiger partial charge >= 0.3 is 0 Å². The van der Waals surface area contributed by atoms with E-state index in [-0.39, 0.29) is 10.8 Å². The highest BCUT2D eigenvalue weighted by Crippen LogP contribution is 2.27. The first kappa shape index (κ1) is 21.8.